The van der Waals surface area contributed by atoms with E-state index in [0.717, 1.165) is 36.3 Å². The molecule has 6 nitrogen and oxygen atoms in total. The van der Waals surface area contributed by atoms with Crippen molar-refractivity contribution in [2.45, 2.75) is 32.2 Å². The summed E-state index contributed by atoms with van der Waals surface area (Å²) in [6.45, 7) is 3.09. The minimum absolute atomic E-state index is 0.0109. The number of nitrogens with zero attached hydrogens (tertiary/aromatic N) is 1. The summed E-state index contributed by atoms with van der Waals surface area (Å²) >= 11 is 0. The maximum absolute atomic E-state index is 12.7. The molecule has 0 aliphatic carbocycles. The van der Waals surface area contributed by atoms with Crippen molar-refractivity contribution in [1.82, 2.24) is 10.2 Å². The smallest absolute Gasteiger partial charge is 0.319 e. The zero-order valence-electron chi connectivity index (χ0n) is 16.2. The van der Waals surface area contributed by atoms with Crippen LogP contribution in [0.25, 0.3) is 0 Å². The lowest BCUT2D eigenvalue weighted by Gasteiger charge is -2.35. The quantitative estimate of drug-likeness (QED) is 0.803. The van der Waals surface area contributed by atoms with E-state index in [-0.39, 0.29) is 24.6 Å². The summed E-state index contributed by atoms with van der Waals surface area (Å²) in [6.07, 6.45) is 2.90. The van der Waals surface area contributed by atoms with Gasteiger partial charge in [-0.15, -0.1) is 0 Å². The second kappa shape index (κ2) is 9.78. The maximum Gasteiger partial charge on any atom is 0.319 e. The zero-order valence-corrected chi connectivity index (χ0v) is 16.2. The number of anilines is 1. The van der Waals surface area contributed by atoms with Crippen LogP contribution in [-0.4, -0.2) is 42.6 Å². The molecule has 1 unspecified atom stereocenters. The van der Waals surface area contributed by atoms with Gasteiger partial charge in [-0.1, -0.05) is 36.4 Å². The molecule has 0 aromatic heterocycles. The third kappa shape index (κ3) is 5.49. The highest BCUT2D eigenvalue weighted by atomic mass is 16.5. The zero-order chi connectivity index (χ0) is 19.8. The van der Waals surface area contributed by atoms with Gasteiger partial charge >= 0.3 is 6.03 Å². The number of para-hydroxylation sites is 2. The Morgan fingerprint density at radius 3 is 2.61 bits per heavy atom. The van der Waals surface area contributed by atoms with E-state index in [0.29, 0.717) is 13.1 Å². The molecule has 1 aliphatic heterocycles. The summed E-state index contributed by atoms with van der Waals surface area (Å²) in [5.74, 6) is 0.683. The van der Waals surface area contributed by atoms with Crippen LogP contribution >= 0.6 is 0 Å². The van der Waals surface area contributed by atoms with Crippen molar-refractivity contribution >= 4 is 17.6 Å². The molecule has 1 aliphatic rings. The number of likely N-dealkylation sites (tertiary alicyclic amines) is 1. The molecule has 6 heteroatoms. The molecular weight excluding hydrogens is 354 g/mol. The van der Waals surface area contributed by atoms with Crippen LogP contribution in [0.1, 0.15) is 24.8 Å². The Morgan fingerprint density at radius 2 is 1.82 bits per heavy atom. The second-order valence-electron chi connectivity index (χ2n) is 6.99. The normalized spacial score (nSPS) is 16.3. The van der Waals surface area contributed by atoms with Crippen molar-refractivity contribution in [3.05, 3.63) is 60.2 Å². The van der Waals surface area contributed by atoms with Gasteiger partial charge < -0.3 is 20.3 Å². The summed E-state index contributed by atoms with van der Waals surface area (Å²) in [5.41, 5.74) is 1.74. The number of aryl methyl sites for hydroxylation is 1. The molecule has 148 valence electrons. The Labute approximate surface area is 165 Å². The third-order valence-corrected chi connectivity index (χ3v) is 4.92. The van der Waals surface area contributed by atoms with E-state index in [1.807, 2.05) is 66.4 Å². The van der Waals surface area contributed by atoms with Gasteiger partial charge in [-0.25, -0.2) is 4.79 Å². The van der Waals surface area contributed by atoms with E-state index in [1.54, 1.807) is 0 Å². The van der Waals surface area contributed by atoms with Crippen molar-refractivity contribution in [1.29, 1.82) is 0 Å². The molecule has 0 spiro atoms. The highest BCUT2D eigenvalue weighted by Gasteiger charge is 2.27. The lowest BCUT2D eigenvalue weighted by molar-refractivity contribution is -0.136. The fourth-order valence-electron chi connectivity index (χ4n) is 3.39. The van der Waals surface area contributed by atoms with Crippen LogP contribution in [0.3, 0.4) is 0 Å². The lowest BCUT2D eigenvalue weighted by atomic mass is 10.0. The molecule has 3 rings (SSSR count). The lowest BCUT2D eigenvalue weighted by Crippen LogP contribution is -2.51. The van der Waals surface area contributed by atoms with Gasteiger partial charge in [0.05, 0.1) is 0 Å². The largest absolute Gasteiger partial charge is 0.484 e. The van der Waals surface area contributed by atoms with Crippen LogP contribution in [0.4, 0.5) is 10.5 Å². The predicted molar refractivity (Wildman–Crippen MR) is 109 cm³/mol. The monoisotopic (exact) mass is 381 g/mol. The molecule has 1 fully saturated rings. The van der Waals surface area contributed by atoms with Crippen LogP contribution < -0.4 is 15.4 Å². The SMILES string of the molecule is Cc1ccccc1OCC(=O)N1CCCCC1CNC(=O)Nc1ccccc1. The molecule has 1 saturated heterocycles. The number of benzene rings is 2. The number of carbonyl (C=O) groups is 2. The molecule has 0 radical (unpaired) electrons. The van der Waals surface area contributed by atoms with Gasteiger partial charge in [-0.2, -0.15) is 0 Å². The second-order valence-corrected chi connectivity index (χ2v) is 6.99. The molecule has 28 heavy (non-hydrogen) atoms. The number of rotatable bonds is 6. The summed E-state index contributed by atoms with van der Waals surface area (Å²) < 4.78 is 5.71. The molecule has 1 heterocycles. The van der Waals surface area contributed by atoms with Crippen molar-refractivity contribution < 1.29 is 14.3 Å². The first-order chi connectivity index (χ1) is 13.6. The van der Waals surface area contributed by atoms with Crippen LogP contribution in [-0.2, 0) is 4.79 Å². The fourth-order valence-corrected chi connectivity index (χ4v) is 3.39. The minimum atomic E-state index is -0.264. The summed E-state index contributed by atoms with van der Waals surface area (Å²) in [4.78, 5) is 26.7. The average molecular weight is 381 g/mol. The standard InChI is InChI=1S/C22H27N3O3/c1-17-9-5-6-13-20(17)28-16-21(26)25-14-8-7-12-19(25)15-23-22(27)24-18-10-3-2-4-11-18/h2-6,9-11,13,19H,7-8,12,14-16H2,1H3,(H2,23,24,27). The van der Waals surface area contributed by atoms with Crippen molar-refractivity contribution in [2.75, 3.05) is 25.0 Å². The van der Waals surface area contributed by atoms with Crippen molar-refractivity contribution in [3.8, 4) is 5.75 Å². The molecule has 2 aromatic carbocycles. The maximum atomic E-state index is 12.7. The van der Waals surface area contributed by atoms with Crippen molar-refractivity contribution in [2.24, 2.45) is 0 Å². The first-order valence-corrected chi connectivity index (χ1v) is 9.71. The van der Waals surface area contributed by atoms with Crippen molar-refractivity contribution in [3.63, 3.8) is 0 Å². The van der Waals surface area contributed by atoms with Gasteiger partial charge in [0.15, 0.2) is 6.61 Å². The first kappa shape index (κ1) is 19.7. The topological polar surface area (TPSA) is 70.7 Å². The Bertz CT molecular complexity index is 795. The van der Waals surface area contributed by atoms with E-state index in [1.165, 1.54) is 0 Å². The summed E-state index contributed by atoms with van der Waals surface area (Å²) in [5, 5.41) is 5.68. The van der Waals surface area contributed by atoms with E-state index in [4.69, 9.17) is 4.74 Å². The molecule has 0 saturated carbocycles. The Kier molecular flexibility index (Phi) is 6.89. The van der Waals surface area contributed by atoms with Gasteiger partial charge in [0.25, 0.3) is 5.91 Å². The van der Waals surface area contributed by atoms with Gasteiger partial charge in [0.1, 0.15) is 5.75 Å². The van der Waals surface area contributed by atoms with E-state index < -0.39 is 0 Å². The highest BCUT2D eigenvalue weighted by Crippen LogP contribution is 2.19. The van der Waals surface area contributed by atoms with Gasteiger partial charge in [0.2, 0.25) is 0 Å². The fraction of sp³-hybridized carbons (Fsp3) is 0.364. The number of amides is 3. The van der Waals surface area contributed by atoms with Crippen LogP contribution in [0.15, 0.2) is 54.6 Å². The van der Waals surface area contributed by atoms with E-state index >= 15 is 0 Å². The molecule has 2 N–H and O–H groups in total. The van der Waals surface area contributed by atoms with Crippen LogP contribution in [0.2, 0.25) is 0 Å². The van der Waals surface area contributed by atoms with E-state index in [9.17, 15) is 9.59 Å². The number of hydrogen-bond acceptors (Lipinski definition) is 3. The minimum Gasteiger partial charge on any atom is -0.484 e. The van der Waals surface area contributed by atoms with Crippen LogP contribution in [0.5, 0.6) is 5.75 Å². The Hall–Kier alpha value is -3.02. The molecular formula is C22H27N3O3. The molecule has 0 bridgehead atoms. The molecule has 2 aromatic rings. The van der Waals surface area contributed by atoms with E-state index in [2.05, 4.69) is 10.6 Å². The predicted octanol–water partition coefficient (Wildman–Crippen LogP) is 3.58. The van der Waals surface area contributed by atoms with Gasteiger partial charge in [0, 0.05) is 24.8 Å². The number of piperidine rings is 1. The number of ether oxygens (including phenoxy) is 1. The molecule has 1 atom stereocenters. The van der Waals surface area contributed by atoms with Gasteiger partial charge in [-0.05, 0) is 49.9 Å². The Balaban J connectivity index is 1.50. The third-order valence-electron chi connectivity index (χ3n) is 4.92. The summed E-state index contributed by atoms with van der Waals surface area (Å²) in [6, 6.07) is 16.7. The number of urea groups is 1. The highest BCUT2D eigenvalue weighted by molar-refractivity contribution is 5.89. The summed E-state index contributed by atoms with van der Waals surface area (Å²) in [7, 11) is 0. The van der Waals surface area contributed by atoms with Crippen LogP contribution in [0, 0.1) is 6.92 Å². The molecule has 3 amide bonds. The number of nitrogens with one attached hydrogen (secondary N) is 2. The first-order valence-electron chi connectivity index (χ1n) is 9.71. The average Bonchev–Trinajstić information content (AvgIpc) is 2.72. The number of carbonyl (C=O) groups excluding carboxylic acids is 2. The van der Waals surface area contributed by atoms with Gasteiger partial charge in [-0.3, -0.25) is 4.79 Å². The Morgan fingerprint density at radius 1 is 1.07 bits per heavy atom. The number of hydrogen-bond donors (Lipinski definition) is 2.